The summed E-state index contributed by atoms with van der Waals surface area (Å²) >= 11 is 6.90. The molecule has 3 nitrogen and oxygen atoms in total. The number of amides is 1. The number of rotatable bonds is 8. The van der Waals surface area contributed by atoms with E-state index in [2.05, 4.69) is 19.1 Å². The van der Waals surface area contributed by atoms with Gasteiger partial charge in [-0.25, -0.2) is 0 Å². The van der Waals surface area contributed by atoms with Crippen molar-refractivity contribution in [2.75, 3.05) is 5.75 Å². The molecule has 1 aromatic rings. The highest BCUT2D eigenvalue weighted by molar-refractivity contribution is 8.23. The van der Waals surface area contributed by atoms with Crippen molar-refractivity contribution in [1.29, 1.82) is 0 Å². The van der Waals surface area contributed by atoms with Gasteiger partial charge < -0.3 is 5.11 Å². The smallest absolute Gasteiger partial charge is 0.231 e. The molecule has 2 rings (SSSR count). The minimum absolute atomic E-state index is 0.0775. The average Bonchev–Trinajstić information content (AvgIpc) is 2.93. The lowest BCUT2D eigenvalue weighted by molar-refractivity contribution is -0.129. The molecule has 5 heteroatoms. The number of thioether (sulfide) groups is 1. The van der Waals surface area contributed by atoms with Gasteiger partial charge in [-0.2, -0.15) is 0 Å². The van der Waals surface area contributed by atoms with Gasteiger partial charge in [0.25, 0.3) is 0 Å². The second-order valence-corrected chi connectivity index (χ2v) is 7.68. The molecule has 24 heavy (non-hydrogen) atoms. The van der Waals surface area contributed by atoms with E-state index < -0.39 is 6.10 Å². The minimum atomic E-state index is -0.736. The third kappa shape index (κ3) is 5.72. The van der Waals surface area contributed by atoms with Crippen LogP contribution in [0.5, 0.6) is 0 Å². The van der Waals surface area contributed by atoms with E-state index >= 15 is 0 Å². The molecule has 2 unspecified atom stereocenters. The lowest BCUT2D eigenvalue weighted by Crippen LogP contribution is -2.41. The Morgan fingerprint density at radius 2 is 2.21 bits per heavy atom. The fourth-order valence-corrected chi connectivity index (χ4v) is 4.17. The van der Waals surface area contributed by atoms with Crippen LogP contribution in [0.2, 0.25) is 0 Å². The number of carbonyl (C=O) groups excluding carboxylic acids is 1. The normalized spacial score (nSPS) is 19.2. The van der Waals surface area contributed by atoms with Crippen LogP contribution in [0.3, 0.4) is 0 Å². The van der Waals surface area contributed by atoms with Crippen LogP contribution in [0.15, 0.2) is 42.5 Å². The lowest BCUT2D eigenvalue weighted by Gasteiger charge is -2.24. The van der Waals surface area contributed by atoms with Crippen LogP contribution in [-0.4, -0.2) is 38.1 Å². The van der Waals surface area contributed by atoms with E-state index in [0.29, 0.717) is 4.32 Å². The number of aliphatic hydroxyl groups excluding tert-OH is 1. The fraction of sp³-hybridized carbons (Fsp3) is 0.474. The molecular formula is C19H25NO2S2. The number of nitrogens with zero attached hydrogens (tertiary/aromatic N) is 1. The third-order valence-corrected chi connectivity index (χ3v) is 5.56. The second-order valence-electron chi connectivity index (χ2n) is 6.03. The minimum Gasteiger partial charge on any atom is -0.389 e. The summed E-state index contributed by atoms with van der Waals surface area (Å²) in [6.45, 7) is 2.13. The van der Waals surface area contributed by atoms with E-state index in [-0.39, 0.29) is 18.4 Å². The van der Waals surface area contributed by atoms with Crippen LogP contribution < -0.4 is 0 Å². The van der Waals surface area contributed by atoms with Crippen LogP contribution in [0.1, 0.15) is 38.2 Å². The summed E-state index contributed by atoms with van der Waals surface area (Å²) in [4.78, 5) is 14.3. The second kappa shape index (κ2) is 9.97. The predicted octanol–water partition coefficient (Wildman–Crippen LogP) is 3.96. The first-order valence-corrected chi connectivity index (χ1v) is 9.88. The Labute approximate surface area is 154 Å². The van der Waals surface area contributed by atoms with Gasteiger partial charge in [-0.15, -0.1) is 0 Å². The van der Waals surface area contributed by atoms with Crippen molar-refractivity contribution in [3.05, 3.63) is 48.0 Å². The molecule has 1 amide bonds. The van der Waals surface area contributed by atoms with Crippen molar-refractivity contribution in [1.82, 2.24) is 4.90 Å². The van der Waals surface area contributed by atoms with Crippen molar-refractivity contribution in [3.63, 3.8) is 0 Å². The first-order chi connectivity index (χ1) is 11.6. The summed E-state index contributed by atoms with van der Waals surface area (Å²) in [5, 5.41) is 10.1. The molecule has 1 aliphatic heterocycles. The zero-order valence-corrected chi connectivity index (χ0v) is 15.7. The topological polar surface area (TPSA) is 40.5 Å². The Hall–Kier alpha value is -1.17. The number of hydrogen-bond acceptors (Lipinski definition) is 4. The number of unbranched alkanes of at least 4 members (excludes halogenated alkanes) is 2. The predicted molar refractivity (Wildman–Crippen MR) is 105 cm³/mol. The summed E-state index contributed by atoms with van der Waals surface area (Å²) in [6.07, 6.45) is 7.00. The molecule has 1 aromatic carbocycles. The van der Waals surface area contributed by atoms with Crippen LogP contribution in [0.4, 0.5) is 0 Å². The number of carbonyl (C=O) groups is 1. The standard InChI is InChI=1S/C19H25NO2S2/c1-2-3-4-8-11-17(21)13-18(22)20-16(14-24-19(20)23)12-15-9-6-5-7-10-15/h5-11,16-17,21H,2-4,12-14H2,1H3. The molecular weight excluding hydrogens is 338 g/mol. The third-order valence-electron chi connectivity index (χ3n) is 4.01. The number of allylic oxidation sites excluding steroid dienone is 1. The number of benzene rings is 1. The Bertz CT molecular complexity index is 574. The summed E-state index contributed by atoms with van der Waals surface area (Å²) in [7, 11) is 0. The fourth-order valence-electron chi connectivity index (χ4n) is 2.72. The van der Waals surface area contributed by atoms with Gasteiger partial charge in [-0.1, -0.05) is 86.2 Å². The lowest BCUT2D eigenvalue weighted by atomic mass is 10.1. The van der Waals surface area contributed by atoms with Gasteiger partial charge in [-0.3, -0.25) is 9.69 Å². The number of hydrogen-bond donors (Lipinski definition) is 1. The van der Waals surface area contributed by atoms with Gasteiger partial charge in [0.15, 0.2) is 0 Å². The summed E-state index contributed by atoms with van der Waals surface area (Å²) in [5.74, 6) is 0.737. The van der Waals surface area contributed by atoms with Gasteiger partial charge in [0.1, 0.15) is 4.32 Å². The summed E-state index contributed by atoms with van der Waals surface area (Å²) < 4.78 is 0.628. The zero-order valence-electron chi connectivity index (χ0n) is 14.1. The molecule has 0 bridgehead atoms. The maximum atomic E-state index is 12.6. The van der Waals surface area contributed by atoms with Gasteiger partial charge in [0.05, 0.1) is 18.6 Å². The van der Waals surface area contributed by atoms with Crippen molar-refractivity contribution in [3.8, 4) is 0 Å². The van der Waals surface area contributed by atoms with Crippen LogP contribution in [-0.2, 0) is 11.2 Å². The van der Waals surface area contributed by atoms with E-state index in [1.165, 1.54) is 5.56 Å². The number of aliphatic hydroxyl groups is 1. The highest BCUT2D eigenvalue weighted by Crippen LogP contribution is 2.27. The van der Waals surface area contributed by atoms with Crippen molar-refractivity contribution >= 4 is 34.2 Å². The first-order valence-electron chi connectivity index (χ1n) is 8.49. The molecule has 0 saturated carbocycles. The molecule has 1 aliphatic rings. The highest BCUT2D eigenvalue weighted by Gasteiger charge is 2.34. The Kier molecular flexibility index (Phi) is 7.95. The van der Waals surface area contributed by atoms with Crippen molar-refractivity contribution in [2.45, 2.75) is 51.2 Å². The van der Waals surface area contributed by atoms with Crippen LogP contribution >= 0.6 is 24.0 Å². The maximum Gasteiger partial charge on any atom is 0.231 e. The maximum absolute atomic E-state index is 12.6. The summed E-state index contributed by atoms with van der Waals surface area (Å²) in [6, 6.07) is 10.2. The molecule has 0 aliphatic carbocycles. The Morgan fingerprint density at radius 1 is 1.46 bits per heavy atom. The largest absolute Gasteiger partial charge is 0.389 e. The number of thiocarbonyl (C=S) groups is 1. The van der Waals surface area contributed by atoms with Crippen molar-refractivity contribution < 1.29 is 9.90 Å². The van der Waals surface area contributed by atoms with E-state index in [1.807, 2.05) is 24.3 Å². The molecule has 130 valence electrons. The average molecular weight is 364 g/mol. The van der Waals surface area contributed by atoms with E-state index in [9.17, 15) is 9.90 Å². The highest BCUT2D eigenvalue weighted by atomic mass is 32.2. The molecule has 1 N–H and O–H groups in total. The Balaban J connectivity index is 1.92. The quantitative estimate of drug-likeness (QED) is 0.431. The SMILES string of the molecule is CCCCC=CC(O)CC(=O)N1C(=S)SCC1Cc1ccccc1. The molecule has 2 atom stereocenters. The monoisotopic (exact) mass is 363 g/mol. The van der Waals surface area contributed by atoms with E-state index in [4.69, 9.17) is 12.2 Å². The molecule has 1 heterocycles. The van der Waals surface area contributed by atoms with Gasteiger partial charge in [-0.05, 0) is 18.4 Å². The van der Waals surface area contributed by atoms with Crippen LogP contribution in [0.25, 0.3) is 0 Å². The van der Waals surface area contributed by atoms with Crippen molar-refractivity contribution in [2.24, 2.45) is 0 Å². The van der Waals surface area contributed by atoms with Gasteiger partial charge >= 0.3 is 0 Å². The molecule has 0 radical (unpaired) electrons. The molecule has 1 fully saturated rings. The van der Waals surface area contributed by atoms with Gasteiger partial charge in [0, 0.05) is 5.75 Å². The zero-order chi connectivity index (χ0) is 17.4. The van der Waals surface area contributed by atoms with Crippen LogP contribution in [0, 0.1) is 0 Å². The molecule has 1 saturated heterocycles. The van der Waals surface area contributed by atoms with Gasteiger partial charge in [0.2, 0.25) is 5.91 Å². The Morgan fingerprint density at radius 3 is 2.92 bits per heavy atom. The molecule has 0 aromatic heterocycles. The molecule has 0 spiro atoms. The van der Waals surface area contributed by atoms with E-state index in [0.717, 1.165) is 31.4 Å². The van der Waals surface area contributed by atoms with E-state index in [1.54, 1.807) is 22.7 Å². The first kappa shape index (κ1) is 19.2. The summed E-state index contributed by atoms with van der Waals surface area (Å²) in [5.41, 5.74) is 1.20.